The minimum Gasteiger partial charge on any atom is -0.466 e. The van der Waals surface area contributed by atoms with Gasteiger partial charge in [0.25, 0.3) is 5.91 Å². The fraction of sp³-hybridized carbons (Fsp3) is 0.267. The second-order valence-corrected chi connectivity index (χ2v) is 11.3. The van der Waals surface area contributed by atoms with E-state index in [1.54, 1.807) is 13.1 Å². The van der Waals surface area contributed by atoms with Crippen LogP contribution in [-0.2, 0) is 19.6 Å². The molecule has 0 saturated heterocycles. The average molecular weight is 549 g/mol. The Morgan fingerprint density at radius 1 is 0.974 bits per heavy atom. The van der Waals surface area contributed by atoms with Crippen molar-refractivity contribution in [3.8, 4) is 22.5 Å². The van der Waals surface area contributed by atoms with Crippen molar-refractivity contribution in [3.63, 3.8) is 0 Å². The molecule has 4 rings (SSSR count). The van der Waals surface area contributed by atoms with Gasteiger partial charge in [-0.05, 0) is 31.4 Å². The highest BCUT2D eigenvalue weighted by atomic mass is 32.2. The molecule has 0 aliphatic carbocycles. The molecule has 1 heterocycles. The molecule has 1 N–H and O–H groups in total. The van der Waals surface area contributed by atoms with Crippen molar-refractivity contribution in [1.82, 2.24) is 5.32 Å². The van der Waals surface area contributed by atoms with Crippen LogP contribution in [-0.4, -0.2) is 46.7 Å². The molecule has 39 heavy (non-hydrogen) atoms. The van der Waals surface area contributed by atoms with Crippen LogP contribution in [0.25, 0.3) is 33.4 Å². The van der Waals surface area contributed by atoms with Crippen LogP contribution < -0.4 is 9.62 Å². The Morgan fingerprint density at radius 3 is 2.28 bits per heavy atom. The summed E-state index contributed by atoms with van der Waals surface area (Å²) >= 11 is 0. The molecule has 204 valence electrons. The van der Waals surface area contributed by atoms with E-state index in [1.807, 2.05) is 67.6 Å². The summed E-state index contributed by atoms with van der Waals surface area (Å²) in [5, 5.41) is 3.29. The van der Waals surface area contributed by atoms with Gasteiger partial charge < -0.3 is 14.5 Å². The number of rotatable bonds is 10. The zero-order valence-electron chi connectivity index (χ0n) is 22.5. The summed E-state index contributed by atoms with van der Waals surface area (Å²) in [6, 6.07) is 20.6. The van der Waals surface area contributed by atoms with Crippen molar-refractivity contribution >= 4 is 38.6 Å². The third-order valence-electron chi connectivity index (χ3n) is 6.39. The number of sulfonamides is 1. The summed E-state index contributed by atoms with van der Waals surface area (Å²) in [4.78, 5) is 24.2. The summed E-state index contributed by atoms with van der Waals surface area (Å²) < 4.78 is 38.7. The molecule has 8 nitrogen and oxygen atoms in total. The Morgan fingerprint density at radius 2 is 1.67 bits per heavy atom. The van der Waals surface area contributed by atoms with E-state index in [1.165, 1.54) is 11.2 Å². The van der Waals surface area contributed by atoms with Gasteiger partial charge in [0.1, 0.15) is 11.3 Å². The first kappa shape index (κ1) is 27.9. The molecule has 0 spiro atoms. The number of ether oxygens (including phenoxy) is 1. The Labute approximate surface area is 228 Å². The second kappa shape index (κ2) is 11.7. The van der Waals surface area contributed by atoms with Gasteiger partial charge in [0, 0.05) is 43.1 Å². The number of nitrogens with zero attached hydrogens (tertiary/aromatic N) is 1. The quantitative estimate of drug-likeness (QED) is 0.206. The lowest BCUT2D eigenvalue weighted by Crippen LogP contribution is -2.31. The number of anilines is 1. The Kier molecular flexibility index (Phi) is 8.40. The van der Waals surface area contributed by atoms with Gasteiger partial charge in [0.05, 0.1) is 24.1 Å². The van der Waals surface area contributed by atoms with Crippen molar-refractivity contribution in [2.45, 2.75) is 26.7 Å². The summed E-state index contributed by atoms with van der Waals surface area (Å²) in [6.07, 6.45) is 2.14. The van der Waals surface area contributed by atoms with E-state index in [2.05, 4.69) is 5.32 Å². The molecule has 9 heteroatoms. The van der Waals surface area contributed by atoms with Crippen LogP contribution in [0.2, 0.25) is 0 Å². The van der Waals surface area contributed by atoms with Gasteiger partial charge in [-0.1, -0.05) is 60.2 Å². The number of furan rings is 1. The van der Waals surface area contributed by atoms with Gasteiger partial charge in [-0.2, -0.15) is 0 Å². The summed E-state index contributed by atoms with van der Waals surface area (Å²) in [6.45, 7) is 3.71. The molecule has 0 radical (unpaired) electrons. The lowest BCUT2D eigenvalue weighted by atomic mass is 9.98. The second-order valence-electron chi connectivity index (χ2n) is 9.37. The maximum absolute atomic E-state index is 13.1. The third kappa shape index (κ3) is 6.31. The molecule has 4 aromatic rings. The van der Waals surface area contributed by atoms with E-state index < -0.39 is 10.0 Å². The van der Waals surface area contributed by atoms with Crippen LogP contribution >= 0.6 is 0 Å². The number of unbranched alkanes of at least 4 members (excludes halogenated alkanes) is 1. The van der Waals surface area contributed by atoms with Crippen molar-refractivity contribution in [3.05, 3.63) is 77.9 Å². The lowest BCUT2D eigenvalue weighted by molar-refractivity contribution is -0.141. The monoisotopic (exact) mass is 548 g/mol. The molecule has 0 fully saturated rings. The first-order valence-corrected chi connectivity index (χ1v) is 14.5. The number of hydrogen-bond acceptors (Lipinski definition) is 6. The minimum absolute atomic E-state index is 0.180. The van der Waals surface area contributed by atoms with E-state index in [0.29, 0.717) is 46.4 Å². The number of esters is 1. The minimum atomic E-state index is -3.70. The van der Waals surface area contributed by atoms with Crippen molar-refractivity contribution in [1.29, 1.82) is 0 Å². The van der Waals surface area contributed by atoms with E-state index in [4.69, 9.17) is 9.15 Å². The summed E-state index contributed by atoms with van der Waals surface area (Å²) in [5.74, 6) is -0.268. The highest BCUT2D eigenvalue weighted by molar-refractivity contribution is 7.92. The fourth-order valence-electron chi connectivity index (χ4n) is 4.48. The van der Waals surface area contributed by atoms with Crippen molar-refractivity contribution < 1.29 is 27.2 Å². The number of benzene rings is 3. The molecular formula is C30H32N2O6S. The SMILES string of the molecule is CNC(=O)c1c(-c2ccc(C)cc2)oc2cc(N(CCCCOC(C)=O)S(C)(=O)=O)c(-c3ccccc3)cc12. The molecule has 0 saturated carbocycles. The largest absolute Gasteiger partial charge is 0.466 e. The summed E-state index contributed by atoms with van der Waals surface area (Å²) in [7, 11) is -2.13. The number of amides is 1. The maximum atomic E-state index is 13.1. The van der Waals surface area contributed by atoms with Crippen molar-refractivity contribution in [2.75, 3.05) is 30.8 Å². The Hall–Kier alpha value is -4.11. The van der Waals surface area contributed by atoms with Gasteiger partial charge in [-0.3, -0.25) is 13.9 Å². The predicted octanol–water partition coefficient (Wildman–Crippen LogP) is 5.54. The average Bonchev–Trinajstić information content (AvgIpc) is 3.28. The third-order valence-corrected chi connectivity index (χ3v) is 7.57. The smallest absolute Gasteiger partial charge is 0.302 e. The van der Waals surface area contributed by atoms with Gasteiger partial charge in [-0.15, -0.1) is 0 Å². The first-order chi connectivity index (χ1) is 18.6. The lowest BCUT2D eigenvalue weighted by Gasteiger charge is -2.25. The van der Waals surface area contributed by atoms with Crippen LogP contribution in [0.4, 0.5) is 5.69 Å². The van der Waals surface area contributed by atoms with Crippen LogP contribution in [0.5, 0.6) is 0 Å². The zero-order valence-corrected chi connectivity index (χ0v) is 23.3. The first-order valence-electron chi connectivity index (χ1n) is 12.7. The topological polar surface area (TPSA) is 106 Å². The molecule has 1 amide bonds. The number of carbonyl (C=O) groups is 2. The summed E-state index contributed by atoms with van der Waals surface area (Å²) in [5.41, 5.74) is 4.47. The Balaban J connectivity index is 1.92. The molecular weight excluding hydrogens is 516 g/mol. The van der Waals surface area contributed by atoms with Crippen LogP contribution in [0, 0.1) is 6.92 Å². The van der Waals surface area contributed by atoms with E-state index in [0.717, 1.165) is 22.9 Å². The fourth-order valence-corrected chi connectivity index (χ4v) is 5.45. The number of fused-ring (bicyclic) bond motifs is 1. The van der Waals surface area contributed by atoms with Gasteiger partial charge in [-0.25, -0.2) is 8.42 Å². The highest BCUT2D eigenvalue weighted by Gasteiger charge is 2.27. The molecule has 0 unspecified atom stereocenters. The van der Waals surface area contributed by atoms with Gasteiger partial charge in [0.2, 0.25) is 10.0 Å². The maximum Gasteiger partial charge on any atom is 0.302 e. The van der Waals surface area contributed by atoms with Crippen molar-refractivity contribution in [2.24, 2.45) is 0 Å². The molecule has 0 aliphatic heterocycles. The predicted molar refractivity (Wildman–Crippen MR) is 153 cm³/mol. The van der Waals surface area contributed by atoms with E-state index in [9.17, 15) is 18.0 Å². The van der Waals surface area contributed by atoms with Crippen LogP contribution in [0.3, 0.4) is 0 Å². The van der Waals surface area contributed by atoms with Crippen LogP contribution in [0.15, 0.2) is 71.1 Å². The number of hydrogen-bond donors (Lipinski definition) is 1. The molecule has 1 aromatic heterocycles. The van der Waals surface area contributed by atoms with Crippen LogP contribution in [0.1, 0.15) is 35.7 Å². The van der Waals surface area contributed by atoms with Gasteiger partial charge >= 0.3 is 5.97 Å². The molecule has 0 bridgehead atoms. The highest BCUT2D eigenvalue weighted by Crippen LogP contribution is 2.41. The molecule has 3 aromatic carbocycles. The zero-order chi connectivity index (χ0) is 28.2. The molecule has 0 aliphatic rings. The number of aryl methyl sites for hydroxylation is 1. The standard InChI is InChI=1S/C30H32N2O6S/c1-20-12-14-23(15-13-20)29-28(30(34)31-3)25-18-24(22-10-6-5-7-11-22)26(19-27(25)38-29)32(39(4,35)36)16-8-9-17-37-21(2)33/h5-7,10-15,18-19H,8-9,16-17H2,1-4H3,(H,31,34). The van der Waals surface area contributed by atoms with E-state index >= 15 is 0 Å². The van der Waals surface area contributed by atoms with Gasteiger partial charge in [0.15, 0.2) is 0 Å². The molecule has 0 atom stereocenters. The number of nitrogens with one attached hydrogen (secondary N) is 1. The normalized spacial score (nSPS) is 11.4. The Bertz CT molecular complexity index is 1590. The van der Waals surface area contributed by atoms with E-state index in [-0.39, 0.29) is 25.0 Å². The number of carbonyl (C=O) groups excluding carboxylic acids is 2.